The van der Waals surface area contributed by atoms with E-state index in [1.807, 2.05) is 40.9 Å². The Labute approximate surface area is 156 Å². The number of carbonyl (C=O) groups is 2. The van der Waals surface area contributed by atoms with Gasteiger partial charge in [-0.1, -0.05) is 24.3 Å². The number of ether oxygens (including phenoxy) is 1. The standard InChI is InChI=1S/C21H30N2O3/c1-20(2,3)26-19(25)23-12-10-21(11-13-23)14-16(18(24)22(4)5)15-8-6-7-9-17(15)21/h6-9,16H,10-14H2,1-5H3/t16-/m0/s1. The number of fused-ring (bicyclic) bond motifs is 2. The number of amides is 2. The Kier molecular flexibility index (Phi) is 4.76. The van der Waals surface area contributed by atoms with E-state index >= 15 is 0 Å². The third-order valence-corrected chi connectivity index (χ3v) is 5.61. The highest BCUT2D eigenvalue weighted by Gasteiger charge is 2.48. The molecule has 0 unspecified atom stereocenters. The third kappa shape index (κ3) is 3.44. The molecule has 1 saturated heterocycles. The fourth-order valence-corrected chi connectivity index (χ4v) is 4.34. The molecule has 0 bridgehead atoms. The van der Waals surface area contributed by atoms with Crippen LogP contribution in [0, 0.1) is 0 Å². The van der Waals surface area contributed by atoms with Crippen LogP contribution in [0.15, 0.2) is 24.3 Å². The van der Waals surface area contributed by atoms with Gasteiger partial charge in [0.2, 0.25) is 5.91 Å². The highest BCUT2D eigenvalue weighted by atomic mass is 16.6. The van der Waals surface area contributed by atoms with E-state index in [-0.39, 0.29) is 23.3 Å². The molecule has 1 aromatic carbocycles. The van der Waals surface area contributed by atoms with Gasteiger partial charge in [0.25, 0.3) is 0 Å². The lowest BCUT2D eigenvalue weighted by Crippen LogP contribution is -2.46. The van der Waals surface area contributed by atoms with Crippen LogP contribution in [0.4, 0.5) is 4.79 Å². The number of hydrogen-bond acceptors (Lipinski definition) is 3. The van der Waals surface area contributed by atoms with Crippen LogP contribution in [0.2, 0.25) is 0 Å². The van der Waals surface area contributed by atoms with Crippen molar-refractivity contribution in [2.24, 2.45) is 0 Å². The summed E-state index contributed by atoms with van der Waals surface area (Å²) in [5.41, 5.74) is 1.97. The molecule has 0 N–H and O–H groups in total. The predicted molar refractivity (Wildman–Crippen MR) is 101 cm³/mol. The van der Waals surface area contributed by atoms with Crippen molar-refractivity contribution < 1.29 is 14.3 Å². The summed E-state index contributed by atoms with van der Waals surface area (Å²) >= 11 is 0. The quantitative estimate of drug-likeness (QED) is 0.772. The number of rotatable bonds is 1. The van der Waals surface area contributed by atoms with Crippen molar-refractivity contribution >= 4 is 12.0 Å². The SMILES string of the molecule is CN(C)C(=O)[C@H]1CC2(CCN(C(=O)OC(C)(C)C)CC2)c2ccccc21. The van der Waals surface area contributed by atoms with Gasteiger partial charge in [0.15, 0.2) is 0 Å². The second kappa shape index (κ2) is 6.60. The minimum Gasteiger partial charge on any atom is -0.444 e. The van der Waals surface area contributed by atoms with Crippen LogP contribution in [0.3, 0.4) is 0 Å². The van der Waals surface area contributed by atoms with E-state index in [9.17, 15) is 9.59 Å². The average Bonchev–Trinajstić information content (AvgIpc) is 2.88. The molecule has 142 valence electrons. The van der Waals surface area contributed by atoms with Gasteiger partial charge in [-0.15, -0.1) is 0 Å². The number of piperidine rings is 1. The molecule has 3 rings (SSSR count). The van der Waals surface area contributed by atoms with E-state index in [0.717, 1.165) is 24.8 Å². The first-order chi connectivity index (χ1) is 12.1. The summed E-state index contributed by atoms with van der Waals surface area (Å²) in [6.07, 6.45) is 2.35. The first-order valence-corrected chi connectivity index (χ1v) is 9.41. The minimum absolute atomic E-state index is 0.00849. The first-order valence-electron chi connectivity index (χ1n) is 9.41. The van der Waals surface area contributed by atoms with Crippen molar-refractivity contribution in [3.63, 3.8) is 0 Å². The maximum Gasteiger partial charge on any atom is 0.410 e. The molecule has 2 aliphatic rings. The summed E-state index contributed by atoms with van der Waals surface area (Å²) < 4.78 is 5.51. The number of carbonyl (C=O) groups excluding carboxylic acids is 2. The Balaban J connectivity index is 1.78. The number of nitrogens with zero attached hydrogens (tertiary/aromatic N) is 2. The molecule has 1 fully saturated rings. The van der Waals surface area contributed by atoms with Gasteiger partial charge in [0.05, 0.1) is 5.92 Å². The molecule has 2 amide bonds. The lowest BCUT2D eigenvalue weighted by molar-refractivity contribution is -0.130. The van der Waals surface area contributed by atoms with Crippen LogP contribution in [0.25, 0.3) is 0 Å². The summed E-state index contributed by atoms with van der Waals surface area (Å²) in [5.74, 6) is 0.0955. The topological polar surface area (TPSA) is 49.9 Å². The number of benzene rings is 1. The van der Waals surface area contributed by atoms with E-state index < -0.39 is 5.60 Å². The van der Waals surface area contributed by atoms with Crippen LogP contribution < -0.4 is 0 Å². The van der Waals surface area contributed by atoms with E-state index in [2.05, 4.69) is 18.2 Å². The molecule has 5 nitrogen and oxygen atoms in total. The van der Waals surface area contributed by atoms with Crippen LogP contribution in [0.1, 0.15) is 57.1 Å². The van der Waals surface area contributed by atoms with Crippen molar-refractivity contribution in [1.29, 1.82) is 0 Å². The van der Waals surface area contributed by atoms with Gasteiger partial charge in [0.1, 0.15) is 5.60 Å². The predicted octanol–water partition coefficient (Wildman–Crippen LogP) is 3.53. The molecule has 26 heavy (non-hydrogen) atoms. The van der Waals surface area contributed by atoms with Crippen molar-refractivity contribution in [2.75, 3.05) is 27.2 Å². The maximum absolute atomic E-state index is 12.7. The smallest absolute Gasteiger partial charge is 0.410 e. The number of hydrogen-bond donors (Lipinski definition) is 0. The Hall–Kier alpha value is -2.04. The molecule has 1 spiro atoms. The van der Waals surface area contributed by atoms with Crippen molar-refractivity contribution in [2.45, 2.75) is 57.0 Å². The number of likely N-dealkylation sites (tertiary alicyclic amines) is 1. The monoisotopic (exact) mass is 358 g/mol. The zero-order valence-electron chi connectivity index (χ0n) is 16.5. The first kappa shape index (κ1) is 18.7. The minimum atomic E-state index is -0.477. The summed E-state index contributed by atoms with van der Waals surface area (Å²) in [4.78, 5) is 28.6. The molecule has 1 aromatic rings. The lowest BCUT2D eigenvalue weighted by atomic mass is 9.73. The Morgan fingerprint density at radius 1 is 1.15 bits per heavy atom. The summed E-state index contributed by atoms with van der Waals surface area (Å²) in [6, 6.07) is 8.34. The number of likely N-dealkylation sites (N-methyl/N-ethyl adjacent to an activating group) is 1. The average molecular weight is 358 g/mol. The maximum atomic E-state index is 12.7. The van der Waals surface area contributed by atoms with E-state index in [1.165, 1.54) is 5.56 Å². The highest BCUT2D eigenvalue weighted by molar-refractivity contribution is 5.85. The van der Waals surface area contributed by atoms with Gasteiger partial charge in [-0.2, -0.15) is 0 Å². The van der Waals surface area contributed by atoms with Gasteiger partial charge < -0.3 is 14.5 Å². The summed E-state index contributed by atoms with van der Waals surface area (Å²) in [5, 5.41) is 0. The third-order valence-electron chi connectivity index (χ3n) is 5.61. The van der Waals surface area contributed by atoms with Gasteiger partial charge in [-0.25, -0.2) is 4.79 Å². The Bertz CT molecular complexity index is 697. The fourth-order valence-electron chi connectivity index (χ4n) is 4.34. The van der Waals surface area contributed by atoms with Gasteiger partial charge in [-0.3, -0.25) is 4.79 Å². The molecule has 5 heteroatoms. The molecule has 0 radical (unpaired) electrons. The molecule has 0 aromatic heterocycles. The van der Waals surface area contributed by atoms with E-state index in [4.69, 9.17) is 4.74 Å². The summed E-state index contributed by atoms with van der Waals surface area (Å²) in [6.45, 7) is 7.02. The normalized spacial score (nSPS) is 21.4. The van der Waals surface area contributed by atoms with Crippen LogP contribution in [0.5, 0.6) is 0 Å². The molecular weight excluding hydrogens is 328 g/mol. The van der Waals surface area contributed by atoms with Gasteiger partial charge in [-0.05, 0) is 51.2 Å². The molecular formula is C21H30N2O3. The van der Waals surface area contributed by atoms with E-state index in [1.54, 1.807) is 9.80 Å². The second-order valence-electron chi connectivity index (χ2n) is 8.82. The van der Waals surface area contributed by atoms with Crippen molar-refractivity contribution in [3.8, 4) is 0 Å². The van der Waals surface area contributed by atoms with Gasteiger partial charge >= 0.3 is 6.09 Å². The zero-order chi connectivity index (χ0) is 19.1. The fraction of sp³-hybridized carbons (Fsp3) is 0.619. The molecule has 1 atom stereocenters. The second-order valence-corrected chi connectivity index (χ2v) is 8.82. The van der Waals surface area contributed by atoms with Crippen LogP contribution >= 0.6 is 0 Å². The molecule has 1 heterocycles. The Morgan fingerprint density at radius 2 is 1.77 bits per heavy atom. The molecule has 0 saturated carbocycles. The Morgan fingerprint density at radius 3 is 2.35 bits per heavy atom. The van der Waals surface area contributed by atoms with Crippen LogP contribution in [-0.4, -0.2) is 54.6 Å². The van der Waals surface area contributed by atoms with Crippen LogP contribution in [-0.2, 0) is 14.9 Å². The summed E-state index contributed by atoms with van der Waals surface area (Å²) in [7, 11) is 3.64. The van der Waals surface area contributed by atoms with Crippen molar-refractivity contribution in [3.05, 3.63) is 35.4 Å². The largest absolute Gasteiger partial charge is 0.444 e. The molecule has 1 aliphatic carbocycles. The van der Waals surface area contributed by atoms with Gasteiger partial charge in [0, 0.05) is 32.6 Å². The molecule has 1 aliphatic heterocycles. The zero-order valence-corrected chi connectivity index (χ0v) is 16.5. The van der Waals surface area contributed by atoms with E-state index in [0.29, 0.717) is 13.1 Å². The van der Waals surface area contributed by atoms with Crippen molar-refractivity contribution in [1.82, 2.24) is 9.80 Å². The lowest BCUT2D eigenvalue weighted by Gasteiger charge is -2.40. The highest BCUT2D eigenvalue weighted by Crippen LogP contribution is 2.52.